The fraction of sp³-hybridized carbons (Fsp3) is 0.778. The summed E-state index contributed by atoms with van der Waals surface area (Å²) in [5.41, 5.74) is 3.09. The van der Waals surface area contributed by atoms with Crippen LogP contribution < -0.4 is 0 Å². The molecule has 0 aromatic carbocycles. The standard InChI is InChI=1S/C27H39FN2O2/c1-18-15-20-21(8-10-27(3)23(20)17-24(28)25(27)31)26(2)9-7-19(16-22(18)26)29-32-14-13-30-11-5-4-6-12-30/h16,20-21,23-24H,1,4-15,17H2,2-3H3. The van der Waals surface area contributed by atoms with E-state index < -0.39 is 11.6 Å². The number of likely N-dealkylation sites (tertiary alicyclic amines) is 1. The first-order valence-corrected chi connectivity index (χ1v) is 12.8. The van der Waals surface area contributed by atoms with E-state index in [1.165, 1.54) is 37.9 Å². The molecule has 0 aromatic rings. The molecule has 6 atom stereocenters. The molecule has 6 unspecified atom stereocenters. The van der Waals surface area contributed by atoms with Gasteiger partial charge in [-0.3, -0.25) is 9.69 Å². The van der Waals surface area contributed by atoms with Crippen LogP contribution in [0, 0.1) is 28.6 Å². The molecular weight excluding hydrogens is 403 g/mol. The first-order chi connectivity index (χ1) is 15.3. The van der Waals surface area contributed by atoms with E-state index in [0.29, 0.717) is 24.9 Å². The van der Waals surface area contributed by atoms with E-state index in [9.17, 15) is 9.18 Å². The Kier molecular flexibility index (Phi) is 5.84. The molecule has 4 nitrogen and oxygen atoms in total. The van der Waals surface area contributed by atoms with Crippen molar-refractivity contribution in [1.29, 1.82) is 0 Å². The summed E-state index contributed by atoms with van der Waals surface area (Å²) in [7, 11) is 0. The molecule has 4 fully saturated rings. The van der Waals surface area contributed by atoms with Crippen LogP contribution in [0.1, 0.15) is 71.6 Å². The minimum Gasteiger partial charge on any atom is -0.394 e. The van der Waals surface area contributed by atoms with Gasteiger partial charge in [0.2, 0.25) is 0 Å². The highest BCUT2D eigenvalue weighted by atomic mass is 19.1. The maximum Gasteiger partial charge on any atom is 0.173 e. The summed E-state index contributed by atoms with van der Waals surface area (Å²) in [6.45, 7) is 12.8. The second-order valence-electron chi connectivity index (χ2n) is 11.5. The molecule has 3 saturated carbocycles. The molecule has 5 heteroatoms. The van der Waals surface area contributed by atoms with Gasteiger partial charge < -0.3 is 4.84 Å². The number of ketones is 1. The first kappa shape index (κ1) is 22.3. The second-order valence-corrected chi connectivity index (χ2v) is 11.5. The van der Waals surface area contributed by atoms with E-state index in [4.69, 9.17) is 4.84 Å². The molecule has 32 heavy (non-hydrogen) atoms. The maximum atomic E-state index is 14.5. The first-order valence-electron chi connectivity index (χ1n) is 12.8. The largest absolute Gasteiger partial charge is 0.394 e. The molecule has 0 amide bonds. The van der Waals surface area contributed by atoms with Crippen LogP contribution in [0.25, 0.3) is 0 Å². The predicted octanol–water partition coefficient (Wildman–Crippen LogP) is 5.49. The molecule has 0 bridgehead atoms. The third-order valence-electron chi connectivity index (χ3n) is 9.77. The smallest absolute Gasteiger partial charge is 0.173 e. The minimum absolute atomic E-state index is 0.0472. The number of allylic oxidation sites excluding steroid dienone is 3. The van der Waals surface area contributed by atoms with Gasteiger partial charge in [0.05, 0.1) is 5.71 Å². The Morgan fingerprint density at radius 3 is 2.75 bits per heavy atom. The Labute approximate surface area is 192 Å². The van der Waals surface area contributed by atoms with Crippen molar-refractivity contribution < 1.29 is 14.0 Å². The summed E-state index contributed by atoms with van der Waals surface area (Å²) in [6, 6.07) is 0. The van der Waals surface area contributed by atoms with Gasteiger partial charge in [0.15, 0.2) is 12.0 Å². The Bertz CT molecular complexity index is 845. The van der Waals surface area contributed by atoms with Crippen LogP contribution in [0.15, 0.2) is 29.0 Å². The van der Waals surface area contributed by atoms with Gasteiger partial charge in [0.1, 0.15) is 6.61 Å². The van der Waals surface area contributed by atoms with Crippen molar-refractivity contribution in [1.82, 2.24) is 4.90 Å². The van der Waals surface area contributed by atoms with Crippen molar-refractivity contribution in [3.05, 3.63) is 23.8 Å². The van der Waals surface area contributed by atoms with Gasteiger partial charge in [-0.2, -0.15) is 0 Å². The molecule has 0 aromatic heterocycles. The van der Waals surface area contributed by atoms with E-state index in [0.717, 1.165) is 49.9 Å². The number of halogens is 1. The van der Waals surface area contributed by atoms with Crippen LogP contribution in [-0.4, -0.2) is 48.8 Å². The number of carbonyl (C=O) groups is 1. The normalized spacial score (nSPS) is 43.5. The quantitative estimate of drug-likeness (QED) is 0.427. The molecule has 0 radical (unpaired) electrons. The third-order valence-corrected chi connectivity index (χ3v) is 9.77. The van der Waals surface area contributed by atoms with Crippen LogP contribution in [0.2, 0.25) is 0 Å². The molecule has 176 valence electrons. The van der Waals surface area contributed by atoms with Gasteiger partial charge in [-0.15, -0.1) is 0 Å². The zero-order valence-electron chi connectivity index (χ0n) is 19.9. The van der Waals surface area contributed by atoms with Gasteiger partial charge in [0.25, 0.3) is 0 Å². The molecule has 0 N–H and O–H groups in total. The number of Topliss-reactive ketones (excluding diaryl/α,β-unsaturated/α-hetero) is 1. The number of fused-ring (bicyclic) bond motifs is 5. The number of rotatable bonds is 4. The summed E-state index contributed by atoms with van der Waals surface area (Å²) in [4.78, 5) is 20.8. The lowest BCUT2D eigenvalue weighted by atomic mass is 9.47. The summed E-state index contributed by atoms with van der Waals surface area (Å²) in [6.07, 6.45) is 9.98. The lowest BCUT2D eigenvalue weighted by molar-refractivity contribution is -0.134. The van der Waals surface area contributed by atoms with Gasteiger partial charge in [-0.25, -0.2) is 4.39 Å². The predicted molar refractivity (Wildman–Crippen MR) is 125 cm³/mol. The molecule has 1 saturated heterocycles. The lowest BCUT2D eigenvalue weighted by Crippen LogP contribution is -2.51. The van der Waals surface area contributed by atoms with E-state index in [-0.39, 0.29) is 17.1 Å². The van der Waals surface area contributed by atoms with Crippen LogP contribution >= 0.6 is 0 Å². The molecule has 0 spiro atoms. The van der Waals surface area contributed by atoms with Crippen molar-refractivity contribution in [3.8, 4) is 0 Å². The fourth-order valence-electron chi connectivity index (χ4n) is 7.88. The highest BCUT2D eigenvalue weighted by molar-refractivity contribution is 5.97. The highest BCUT2D eigenvalue weighted by Crippen LogP contribution is 2.65. The monoisotopic (exact) mass is 442 g/mol. The zero-order chi connectivity index (χ0) is 22.5. The summed E-state index contributed by atoms with van der Waals surface area (Å²) < 4.78 is 14.5. The number of hydrogen-bond donors (Lipinski definition) is 0. The van der Waals surface area contributed by atoms with Crippen LogP contribution in [0.4, 0.5) is 4.39 Å². The van der Waals surface area contributed by atoms with Crippen LogP contribution in [0.5, 0.6) is 0 Å². The number of carbonyl (C=O) groups excluding carboxylic acids is 1. The Morgan fingerprint density at radius 1 is 1.19 bits per heavy atom. The molecule has 5 rings (SSSR count). The summed E-state index contributed by atoms with van der Waals surface area (Å²) in [5, 5.41) is 4.49. The van der Waals surface area contributed by atoms with E-state index in [2.05, 4.69) is 29.6 Å². The number of alkyl halides is 1. The van der Waals surface area contributed by atoms with Crippen molar-refractivity contribution in [2.45, 2.75) is 77.8 Å². The SMILES string of the molecule is C=C1CC2C3CC(F)C(=O)C3(C)CCC2C2(C)CCC(=NOCCN3CCCCC3)C=C12. The Morgan fingerprint density at radius 2 is 1.97 bits per heavy atom. The minimum atomic E-state index is -1.27. The van der Waals surface area contributed by atoms with Gasteiger partial charge in [0, 0.05) is 12.0 Å². The van der Waals surface area contributed by atoms with E-state index in [1.54, 1.807) is 0 Å². The van der Waals surface area contributed by atoms with Crippen molar-refractivity contribution in [2.75, 3.05) is 26.2 Å². The molecule has 1 heterocycles. The van der Waals surface area contributed by atoms with Gasteiger partial charge in [-0.05, 0) is 99.3 Å². The average Bonchev–Trinajstić information content (AvgIpc) is 3.02. The van der Waals surface area contributed by atoms with Crippen LogP contribution in [0.3, 0.4) is 0 Å². The maximum absolute atomic E-state index is 14.5. The molecule has 1 aliphatic heterocycles. The molecule has 4 aliphatic carbocycles. The Balaban J connectivity index is 1.29. The summed E-state index contributed by atoms with van der Waals surface area (Å²) in [5.74, 6) is 0.884. The zero-order valence-corrected chi connectivity index (χ0v) is 19.9. The fourth-order valence-corrected chi connectivity index (χ4v) is 7.88. The number of hydrogen-bond acceptors (Lipinski definition) is 4. The molecular formula is C27H39FN2O2. The molecule has 5 aliphatic rings. The number of piperidine rings is 1. The third kappa shape index (κ3) is 3.59. The van der Waals surface area contributed by atoms with E-state index >= 15 is 0 Å². The second kappa shape index (κ2) is 8.38. The average molecular weight is 443 g/mol. The van der Waals surface area contributed by atoms with Crippen LogP contribution in [-0.2, 0) is 9.63 Å². The number of nitrogens with zero attached hydrogens (tertiary/aromatic N) is 2. The lowest BCUT2D eigenvalue weighted by Gasteiger charge is -2.57. The van der Waals surface area contributed by atoms with Gasteiger partial charge in [-0.1, -0.05) is 37.6 Å². The van der Waals surface area contributed by atoms with Crippen molar-refractivity contribution in [2.24, 2.45) is 33.7 Å². The number of oxime groups is 1. The van der Waals surface area contributed by atoms with Crippen molar-refractivity contribution in [3.63, 3.8) is 0 Å². The Hall–Kier alpha value is -1.49. The topological polar surface area (TPSA) is 41.9 Å². The van der Waals surface area contributed by atoms with Crippen molar-refractivity contribution >= 4 is 11.5 Å². The highest BCUT2D eigenvalue weighted by Gasteiger charge is 2.62. The van der Waals surface area contributed by atoms with E-state index in [1.807, 2.05) is 6.92 Å². The van der Waals surface area contributed by atoms with Gasteiger partial charge >= 0.3 is 0 Å². The summed E-state index contributed by atoms with van der Waals surface area (Å²) >= 11 is 0.